The highest BCUT2D eigenvalue weighted by Crippen LogP contribution is 2.75. The first kappa shape index (κ1) is 80.9. The summed E-state index contributed by atoms with van der Waals surface area (Å²) in [7, 11) is -1.95. The van der Waals surface area contributed by atoms with Crippen LogP contribution in [0.1, 0.15) is 85.6 Å². The fourth-order valence-electron chi connectivity index (χ4n) is 14.2. The van der Waals surface area contributed by atoms with E-state index in [9.17, 15) is 57.5 Å². The van der Waals surface area contributed by atoms with Gasteiger partial charge in [0.05, 0.1) is 131 Å². The van der Waals surface area contributed by atoms with E-state index < -0.39 is 54.6 Å². The van der Waals surface area contributed by atoms with E-state index in [1.165, 1.54) is 46.6 Å². The van der Waals surface area contributed by atoms with Crippen molar-refractivity contribution < 1.29 is 99.9 Å². The average Bonchev–Trinajstić information content (AvgIpc) is 0.993. The number of amides is 9. The van der Waals surface area contributed by atoms with E-state index in [-0.39, 0.29) is 174 Å². The maximum absolute atomic E-state index is 14.9. The van der Waals surface area contributed by atoms with Crippen LogP contribution in [-0.2, 0) is 77.9 Å². The number of fused-ring (bicyclic) bond motifs is 6. The third kappa shape index (κ3) is 18.9. The van der Waals surface area contributed by atoms with Gasteiger partial charge in [0.1, 0.15) is 12.6 Å². The Labute approximate surface area is 627 Å². The van der Waals surface area contributed by atoms with Crippen molar-refractivity contribution in [1.29, 1.82) is 0 Å². The minimum absolute atomic E-state index is 0.00521. The number of anilines is 3. The molecule has 0 radical (unpaired) electrons. The highest BCUT2D eigenvalue weighted by atomic mass is 35.5. The van der Waals surface area contributed by atoms with Crippen LogP contribution in [0, 0.1) is 30.6 Å². The zero-order valence-corrected chi connectivity index (χ0v) is 63.6. The highest BCUT2D eigenvalue weighted by Gasteiger charge is 2.76. The Balaban J connectivity index is 0.587. The van der Waals surface area contributed by atoms with Gasteiger partial charge in [-0.1, -0.05) is 26.0 Å². The number of aromatic nitrogens is 2. The Morgan fingerprint density at radius 3 is 1.65 bits per heavy atom. The van der Waals surface area contributed by atoms with Crippen LogP contribution in [0.4, 0.5) is 26.7 Å². The zero-order valence-electron chi connectivity index (χ0n) is 60.4. The number of thioether (sulfide) groups is 1. The van der Waals surface area contributed by atoms with E-state index in [0.29, 0.717) is 91.9 Å². The van der Waals surface area contributed by atoms with Gasteiger partial charge in [-0.3, -0.25) is 48.2 Å². The first-order valence-corrected chi connectivity index (χ1v) is 39.0. The lowest BCUT2D eigenvalue weighted by Crippen LogP contribution is -2.73. The van der Waals surface area contributed by atoms with E-state index in [0.717, 1.165) is 27.6 Å². The Kier molecular flexibility index (Phi) is 27.6. The summed E-state index contributed by atoms with van der Waals surface area (Å²) in [4.78, 5) is 153. The van der Waals surface area contributed by atoms with Crippen molar-refractivity contribution in [3.8, 4) is 11.5 Å². The van der Waals surface area contributed by atoms with E-state index in [4.69, 9.17) is 65.6 Å². The van der Waals surface area contributed by atoms with Crippen LogP contribution in [0.15, 0.2) is 48.8 Å². The van der Waals surface area contributed by atoms with Gasteiger partial charge in [-0.25, -0.2) is 14.2 Å². The SMILES string of the molecule is CSC1CC(=O)N(CCOCCOCCOCCOCCOCCOCCC(=O)N[C@H](C(=O)NCC(=O)Nc2ccc(COC(=O)N(C)CCN(C)C(=O)Oc3cc4c(c5c(C)c[nH]c35)[C@H](CCl)CN4C(=O)C34CC(C(=O)N5C[C@@H](CCl)c6c5cc(OP(=O)(O)O)c5[nH]cc(C)c65)(C3)C4)cc2)C(C)C)C1=O. The number of benzene rings is 3. The summed E-state index contributed by atoms with van der Waals surface area (Å²) in [5, 5.41) is 9.15. The number of imide groups is 1. The summed E-state index contributed by atoms with van der Waals surface area (Å²) < 4.78 is 61.8. The number of H-pyrrole nitrogens is 2. The van der Waals surface area contributed by atoms with Gasteiger partial charge in [0.2, 0.25) is 41.4 Å². The molecule has 106 heavy (non-hydrogen) atoms. The molecule has 6 aliphatic rings. The van der Waals surface area contributed by atoms with Crippen molar-refractivity contribution in [3.63, 3.8) is 0 Å². The lowest BCUT2D eigenvalue weighted by molar-refractivity contribution is -0.205. The topological polar surface area (TPSA) is 378 Å². The smallest absolute Gasteiger partial charge is 0.445 e. The zero-order chi connectivity index (χ0) is 76.2. The number of aryl methyl sites for hydroxylation is 2. The van der Waals surface area contributed by atoms with Crippen LogP contribution >= 0.6 is 42.8 Å². The molecule has 3 aliphatic carbocycles. The Morgan fingerprint density at radius 1 is 0.689 bits per heavy atom. The van der Waals surface area contributed by atoms with Crippen LogP contribution in [0.2, 0.25) is 0 Å². The number of halogens is 2. The molecule has 2 bridgehead atoms. The number of phosphoric ester groups is 1. The minimum Gasteiger partial charge on any atom is -0.445 e. The number of phosphoric acid groups is 1. The van der Waals surface area contributed by atoms with Crippen molar-refractivity contribution in [2.75, 3.05) is 166 Å². The van der Waals surface area contributed by atoms with Crippen LogP contribution in [0.5, 0.6) is 11.5 Å². The molecule has 5 aromatic rings. The van der Waals surface area contributed by atoms with Crippen molar-refractivity contribution in [2.45, 2.75) is 89.5 Å². The number of likely N-dealkylation sites (N-methyl/N-ethyl adjacent to an activating group) is 2. The molecular formula is C71H93Cl2N10O21PS. The van der Waals surface area contributed by atoms with E-state index in [1.807, 2.05) is 20.1 Å². The number of nitrogens with zero attached hydrogens (tertiary/aromatic N) is 5. The molecule has 31 nitrogen and oxygen atoms in total. The summed E-state index contributed by atoms with van der Waals surface area (Å²) in [6.07, 6.45) is 4.99. The van der Waals surface area contributed by atoms with Gasteiger partial charge >= 0.3 is 20.0 Å². The maximum atomic E-state index is 14.9. The quantitative estimate of drug-likeness (QED) is 0.00915. The van der Waals surface area contributed by atoms with Crippen LogP contribution in [-0.4, -0.2) is 250 Å². The molecule has 4 fully saturated rings. The van der Waals surface area contributed by atoms with Crippen LogP contribution < -0.4 is 35.0 Å². The van der Waals surface area contributed by atoms with Gasteiger partial charge in [-0.05, 0) is 85.2 Å². The molecule has 2 aromatic heterocycles. The van der Waals surface area contributed by atoms with E-state index in [1.54, 1.807) is 66.4 Å². The first-order chi connectivity index (χ1) is 50.7. The lowest BCUT2D eigenvalue weighted by atomic mass is 9.34. The molecule has 3 saturated carbocycles. The molecule has 578 valence electrons. The molecule has 3 aromatic carbocycles. The number of hydrogen-bond donors (Lipinski definition) is 7. The molecule has 5 heterocycles. The number of rotatable bonds is 40. The number of ether oxygens (including phenoxy) is 8. The second-order valence-corrected chi connectivity index (χ2v) is 30.3. The third-order valence-electron chi connectivity index (χ3n) is 19.7. The number of likely N-dealkylation sites (tertiary alicyclic amines) is 1. The summed E-state index contributed by atoms with van der Waals surface area (Å²) in [6, 6.07) is 8.76. The summed E-state index contributed by atoms with van der Waals surface area (Å²) in [5.74, 6) is -2.55. The lowest BCUT2D eigenvalue weighted by Gasteiger charge is -2.69. The molecule has 7 N–H and O–H groups in total. The van der Waals surface area contributed by atoms with Gasteiger partial charge < -0.3 is 87.9 Å². The molecule has 3 aliphatic heterocycles. The van der Waals surface area contributed by atoms with E-state index in [2.05, 4.69) is 25.9 Å². The molecule has 1 saturated heterocycles. The molecule has 4 atom stereocenters. The maximum Gasteiger partial charge on any atom is 0.524 e. The second kappa shape index (κ2) is 36.1. The van der Waals surface area contributed by atoms with Crippen LogP contribution in [0.3, 0.4) is 0 Å². The van der Waals surface area contributed by atoms with Gasteiger partial charge in [0.25, 0.3) is 0 Å². The van der Waals surface area contributed by atoms with Crippen LogP contribution in [0.25, 0.3) is 21.8 Å². The summed E-state index contributed by atoms with van der Waals surface area (Å²) >= 11 is 14.6. The van der Waals surface area contributed by atoms with Gasteiger partial charge in [0, 0.05) is 118 Å². The second-order valence-electron chi connectivity index (χ2n) is 27.5. The normalized spacial score (nSPS) is 19.6. The number of alkyl halides is 2. The molecule has 9 amide bonds. The number of nitrogens with one attached hydrogen (secondary N) is 5. The van der Waals surface area contributed by atoms with Crippen molar-refractivity contribution in [2.24, 2.45) is 16.7 Å². The Hall–Kier alpha value is -7.59. The Bertz CT molecular complexity index is 4080. The number of hydrogen-bond acceptors (Lipinski definition) is 20. The van der Waals surface area contributed by atoms with Crippen molar-refractivity contribution in [1.82, 2.24) is 35.3 Å². The standard InChI is InChI=1S/C71H93Cl2N10O21PS/c1-42(2)61(78-54(84)12-16-96-18-20-98-22-24-100-26-27-101-25-23-99-21-19-97-17-15-81-56(86)30-53(106-7)65(81)88)64(87)76-35-55(85)77-48-10-8-45(9-11-48)38-102-68(91)79(5)13-14-80(6)69(92)103-51-28-49-59(57-43(3)33-74-62(51)57)46(31-72)36-82(49)66(89)70-39-71(40-70,41-70)67(90)83-37-47(32-73)60-50(83)29-52(104-105(93,94)95)63-58(60)44(4)34-75-63/h8-11,28-29,33-34,42,46-47,53,61,74-75H,12-27,30-32,35-41H2,1-7H3,(H,76,87)(H,77,85)(H,78,84)(H2,93,94,95)/t46-,47-,53?,61+,70?,71?/m1/s1. The monoisotopic (exact) mass is 1550 g/mol. The van der Waals surface area contributed by atoms with Crippen molar-refractivity contribution >= 4 is 135 Å². The predicted octanol–water partition coefficient (Wildman–Crippen LogP) is 6.82. The number of carbonyl (C=O) groups is 9. The fraction of sp³-hybridized carbons (Fsp3) is 0.563. The molecule has 11 rings (SSSR count). The Morgan fingerprint density at radius 2 is 1.17 bits per heavy atom. The largest absolute Gasteiger partial charge is 0.524 e. The van der Waals surface area contributed by atoms with Gasteiger partial charge in [-0.15, -0.1) is 23.2 Å². The average molecular weight is 1560 g/mol. The number of aromatic amines is 2. The third-order valence-corrected chi connectivity index (χ3v) is 21.8. The molecule has 35 heteroatoms. The molecule has 0 spiro atoms. The first-order valence-electron chi connectivity index (χ1n) is 35.1. The minimum atomic E-state index is -4.99. The highest BCUT2D eigenvalue weighted by molar-refractivity contribution is 8.00. The molecular weight excluding hydrogens is 1460 g/mol. The van der Waals surface area contributed by atoms with Gasteiger partial charge in [0.15, 0.2) is 11.5 Å². The van der Waals surface area contributed by atoms with Gasteiger partial charge in [-0.2, -0.15) is 11.8 Å². The summed E-state index contributed by atoms with van der Waals surface area (Å²) in [5.41, 5.74) is 4.51. The van der Waals surface area contributed by atoms with Crippen molar-refractivity contribution in [3.05, 3.63) is 76.6 Å². The predicted molar refractivity (Wildman–Crippen MR) is 394 cm³/mol. The molecule has 1 unspecified atom stereocenters. The van der Waals surface area contributed by atoms with E-state index >= 15 is 0 Å². The number of carbonyl (C=O) groups excluding carboxylic acids is 9. The summed E-state index contributed by atoms with van der Waals surface area (Å²) in [6.45, 7) is 11.4. The fourth-order valence-corrected chi connectivity index (χ4v) is 15.7.